The zero-order valence-corrected chi connectivity index (χ0v) is 8.07. The van der Waals surface area contributed by atoms with Gasteiger partial charge in [-0.3, -0.25) is 0 Å². The molecular formula is C10H14O3. The average Bonchev–Trinajstić information content (AvgIpc) is 2.10. The van der Waals surface area contributed by atoms with Crippen LogP contribution >= 0.6 is 0 Å². The predicted octanol–water partition coefficient (Wildman–Crippen LogP) is 0.736. The van der Waals surface area contributed by atoms with Gasteiger partial charge in [0.2, 0.25) is 0 Å². The summed E-state index contributed by atoms with van der Waals surface area (Å²) in [7, 11) is 1.24. The Balaban J connectivity index is 4.04. The summed E-state index contributed by atoms with van der Waals surface area (Å²) in [6, 6.07) is 0. The summed E-state index contributed by atoms with van der Waals surface area (Å²) in [5.41, 5.74) is 0. The zero-order chi connectivity index (χ0) is 10.3. The molecule has 3 nitrogen and oxygen atoms in total. The second kappa shape index (κ2) is 6.27. The molecule has 0 spiro atoms. The molecule has 0 saturated heterocycles. The Labute approximate surface area is 78.4 Å². The molecule has 3 heteroatoms. The van der Waals surface area contributed by atoms with Crippen molar-refractivity contribution in [3.63, 3.8) is 0 Å². The Hall–Kier alpha value is -1.27. The standard InChI is InChI=1S/C10H14O3/c1-8(2)4-5-9(11)6-7-10(12)13-3/h4-5,8-9,11H,1-3H3/b5-4+/t9-/m1/s1. The molecule has 72 valence electrons. The maximum absolute atomic E-state index is 10.5. The predicted molar refractivity (Wildman–Crippen MR) is 49.8 cm³/mol. The molecular weight excluding hydrogens is 168 g/mol. The maximum Gasteiger partial charge on any atom is 0.384 e. The Morgan fingerprint density at radius 1 is 1.46 bits per heavy atom. The summed E-state index contributed by atoms with van der Waals surface area (Å²) in [5.74, 6) is 4.19. The minimum absolute atomic E-state index is 0.356. The summed E-state index contributed by atoms with van der Waals surface area (Å²) in [6.45, 7) is 3.97. The van der Waals surface area contributed by atoms with Crippen molar-refractivity contribution in [2.75, 3.05) is 7.11 Å². The van der Waals surface area contributed by atoms with Crippen LogP contribution in [-0.4, -0.2) is 24.3 Å². The minimum atomic E-state index is -0.901. The Morgan fingerprint density at radius 2 is 2.08 bits per heavy atom. The molecule has 0 aliphatic rings. The van der Waals surface area contributed by atoms with E-state index in [0.717, 1.165) is 0 Å². The maximum atomic E-state index is 10.5. The topological polar surface area (TPSA) is 46.5 Å². The highest BCUT2D eigenvalue weighted by molar-refractivity contribution is 5.88. The molecule has 1 atom stereocenters. The number of hydrogen-bond acceptors (Lipinski definition) is 3. The van der Waals surface area contributed by atoms with Crippen LogP contribution in [0.25, 0.3) is 0 Å². The number of allylic oxidation sites excluding steroid dienone is 1. The first-order valence-corrected chi connectivity index (χ1v) is 4.02. The average molecular weight is 182 g/mol. The fraction of sp³-hybridized carbons (Fsp3) is 0.500. The lowest BCUT2D eigenvalue weighted by molar-refractivity contribution is -0.133. The second-order valence-electron chi connectivity index (χ2n) is 2.83. The van der Waals surface area contributed by atoms with E-state index in [1.165, 1.54) is 7.11 Å². The molecule has 1 N–H and O–H groups in total. The third-order valence-electron chi connectivity index (χ3n) is 1.19. The molecule has 0 fully saturated rings. The summed E-state index contributed by atoms with van der Waals surface area (Å²) >= 11 is 0. The zero-order valence-electron chi connectivity index (χ0n) is 8.07. The van der Waals surface area contributed by atoms with Gasteiger partial charge in [-0.2, -0.15) is 0 Å². The third kappa shape index (κ3) is 7.10. The van der Waals surface area contributed by atoms with E-state index in [1.54, 1.807) is 6.08 Å². The van der Waals surface area contributed by atoms with Gasteiger partial charge < -0.3 is 9.84 Å². The fourth-order valence-electron chi connectivity index (χ4n) is 0.559. The van der Waals surface area contributed by atoms with Gasteiger partial charge in [-0.15, -0.1) is 0 Å². The van der Waals surface area contributed by atoms with Crippen molar-refractivity contribution >= 4 is 5.97 Å². The van der Waals surface area contributed by atoms with Gasteiger partial charge in [0.1, 0.15) is 6.10 Å². The van der Waals surface area contributed by atoms with E-state index < -0.39 is 12.1 Å². The van der Waals surface area contributed by atoms with E-state index in [4.69, 9.17) is 0 Å². The fourth-order valence-corrected chi connectivity index (χ4v) is 0.559. The van der Waals surface area contributed by atoms with Crippen molar-refractivity contribution in [3.05, 3.63) is 12.2 Å². The van der Waals surface area contributed by atoms with Crippen molar-refractivity contribution in [1.29, 1.82) is 0 Å². The van der Waals surface area contributed by atoms with Crippen LogP contribution in [0.1, 0.15) is 13.8 Å². The van der Waals surface area contributed by atoms with Crippen LogP contribution in [0, 0.1) is 17.8 Å². The molecule has 0 aliphatic heterocycles. The van der Waals surface area contributed by atoms with Crippen LogP contribution < -0.4 is 0 Å². The van der Waals surface area contributed by atoms with Gasteiger partial charge in [0.15, 0.2) is 0 Å². The number of methoxy groups -OCH3 is 1. The van der Waals surface area contributed by atoms with Gasteiger partial charge in [-0.05, 0) is 12.0 Å². The number of ether oxygens (including phenoxy) is 1. The molecule has 0 aromatic heterocycles. The quantitative estimate of drug-likeness (QED) is 0.296. The van der Waals surface area contributed by atoms with E-state index in [2.05, 4.69) is 16.6 Å². The van der Waals surface area contributed by atoms with Crippen molar-refractivity contribution in [2.45, 2.75) is 20.0 Å². The van der Waals surface area contributed by atoms with Crippen molar-refractivity contribution in [1.82, 2.24) is 0 Å². The smallest absolute Gasteiger partial charge is 0.384 e. The SMILES string of the molecule is COC(=O)C#C[C@H](O)/C=C/C(C)C. The molecule has 0 aliphatic carbocycles. The second-order valence-corrected chi connectivity index (χ2v) is 2.83. The van der Waals surface area contributed by atoms with Gasteiger partial charge in [-0.25, -0.2) is 4.79 Å². The van der Waals surface area contributed by atoms with Crippen LogP contribution in [0.2, 0.25) is 0 Å². The molecule has 0 amide bonds. The first kappa shape index (κ1) is 11.7. The number of rotatable bonds is 2. The Kier molecular flexibility index (Phi) is 5.66. The van der Waals surface area contributed by atoms with Crippen molar-refractivity contribution in [3.8, 4) is 11.8 Å². The van der Waals surface area contributed by atoms with Gasteiger partial charge in [0, 0.05) is 5.92 Å². The highest BCUT2D eigenvalue weighted by atomic mass is 16.5. The number of aliphatic hydroxyl groups is 1. The number of hydrogen-bond donors (Lipinski definition) is 1. The molecule has 0 radical (unpaired) electrons. The van der Waals surface area contributed by atoms with E-state index in [9.17, 15) is 9.90 Å². The number of aliphatic hydroxyl groups excluding tert-OH is 1. The van der Waals surface area contributed by atoms with Gasteiger partial charge in [0.25, 0.3) is 0 Å². The van der Waals surface area contributed by atoms with Gasteiger partial charge >= 0.3 is 5.97 Å². The summed E-state index contributed by atoms with van der Waals surface area (Å²) in [5, 5.41) is 9.17. The number of carbonyl (C=O) groups excluding carboxylic acids is 1. The first-order valence-electron chi connectivity index (χ1n) is 4.02. The summed E-state index contributed by atoms with van der Waals surface area (Å²) in [4.78, 5) is 10.5. The number of carbonyl (C=O) groups is 1. The summed E-state index contributed by atoms with van der Waals surface area (Å²) in [6.07, 6.45) is 2.46. The van der Waals surface area contributed by atoms with Crippen molar-refractivity contribution < 1.29 is 14.6 Å². The van der Waals surface area contributed by atoms with Crippen LogP contribution in [0.15, 0.2) is 12.2 Å². The van der Waals surface area contributed by atoms with Crippen molar-refractivity contribution in [2.24, 2.45) is 5.92 Å². The van der Waals surface area contributed by atoms with E-state index in [-0.39, 0.29) is 0 Å². The lowest BCUT2D eigenvalue weighted by Crippen LogP contribution is -2.01. The molecule has 0 unspecified atom stereocenters. The third-order valence-corrected chi connectivity index (χ3v) is 1.19. The lowest BCUT2D eigenvalue weighted by atomic mass is 10.2. The molecule has 0 aromatic carbocycles. The normalized spacial score (nSPS) is 12.4. The van der Waals surface area contributed by atoms with Crippen LogP contribution in [-0.2, 0) is 9.53 Å². The lowest BCUT2D eigenvalue weighted by Gasteiger charge is -1.95. The van der Waals surface area contributed by atoms with Crippen LogP contribution in [0.3, 0.4) is 0 Å². The molecule has 0 rings (SSSR count). The molecule has 0 aromatic rings. The van der Waals surface area contributed by atoms with Gasteiger partial charge in [0.05, 0.1) is 7.11 Å². The first-order chi connectivity index (χ1) is 6.06. The molecule has 0 saturated carbocycles. The molecule has 0 bridgehead atoms. The van der Waals surface area contributed by atoms with Crippen LogP contribution in [0.5, 0.6) is 0 Å². The monoisotopic (exact) mass is 182 g/mol. The highest BCUT2D eigenvalue weighted by Crippen LogP contribution is 1.95. The Morgan fingerprint density at radius 3 is 2.54 bits per heavy atom. The molecule has 13 heavy (non-hydrogen) atoms. The summed E-state index contributed by atoms with van der Waals surface area (Å²) < 4.78 is 4.28. The van der Waals surface area contributed by atoms with E-state index in [1.807, 2.05) is 19.9 Å². The largest absolute Gasteiger partial charge is 0.459 e. The molecule has 0 heterocycles. The number of esters is 1. The highest BCUT2D eigenvalue weighted by Gasteiger charge is 1.94. The Bertz CT molecular complexity index is 243. The van der Waals surface area contributed by atoms with Crippen LogP contribution in [0.4, 0.5) is 0 Å². The van der Waals surface area contributed by atoms with E-state index >= 15 is 0 Å². The van der Waals surface area contributed by atoms with Gasteiger partial charge in [-0.1, -0.05) is 25.8 Å². The van der Waals surface area contributed by atoms with E-state index in [0.29, 0.717) is 5.92 Å². The minimum Gasteiger partial charge on any atom is -0.459 e.